The Bertz CT molecular complexity index is 986. The van der Waals surface area contributed by atoms with E-state index >= 15 is 0 Å². The van der Waals surface area contributed by atoms with Crippen LogP contribution in [0.5, 0.6) is 11.5 Å². The van der Waals surface area contributed by atoms with E-state index in [-0.39, 0.29) is 25.8 Å². The van der Waals surface area contributed by atoms with Crippen molar-refractivity contribution in [2.75, 3.05) is 31.5 Å². The summed E-state index contributed by atoms with van der Waals surface area (Å²) < 4.78 is 30.2. The first kappa shape index (κ1) is 16.1. The summed E-state index contributed by atoms with van der Waals surface area (Å²) in [4.78, 5) is 14.4. The van der Waals surface area contributed by atoms with Gasteiger partial charge in [-0.2, -0.15) is 0 Å². The van der Waals surface area contributed by atoms with E-state index in [1.54, 1.807) is 12.1 Å². The van der Waals surface area contributed by atoms with Crippen molar-refractivity contribution in [1.82, 2.24) is 0 Å². The fourth-order valence-corrected chi connectivity index (χ4v) is 4.02. The summed E-state index contributed by atoms with van der Waals surface area (Å²) in [5.74, 6) is -0.102. The van der Waals surface area contributed by atoms with Crippen molar-refractivity contribution in [2.24, 2.45) is 0 Å². The molecule has 0 saturated carbocycles. The second kappa shape index (κ2) is 5.99. The van der Waals surface area contributed by atoms with Gasteiger partial charge in [0.15, 0.2) is 11.5 Å². The van der Waals surface area contributed by atoms with Crippen molar-refractivity contribution in [2.45, 2.75) is 5.92 Å². The molecule has 0 saturated heterocycles. The minimum absolute atomic E-state index is 0.0938. The van der Waals surface area contributed by atoms with Crippen LogP contribution in [0.1, 0.15) is 17.0 Å². The third kappa shape index (κ3) is 2.39. The number of rotatable bonds is 3. The largest absolute Gasteiger partial charge is 0.456 e. The average molecular weight is 369 g/mol. The van der Waals surface area contributed by atoms with E-state index in [9.17, 15) is 14.3 Å². The molecule has 3 aliphatic rings. The number of carbonyl (C=O) groups is 1. The Labute approximate surface area is 154 Å². The van der Waals surface area contributed by atoms with E-state index in [2.05, 4.69) is 0 Å². The molecule has 0 radical (unpaired) electrons. The van der Waals surface area contributed by atoms with Gasteiger partial charge in [0.05, 0.1) is 17.9 Å². The smallest absolute Gasteiger partial charge is 0.337 e. The number of β-amino-alcohol motifs (C(OH)–C–C–N with tert-alkyl or cyclic N) is 1. The highest BCUT2D eigenvalue weighted by atomic mass is 19.1. The number of halogens is 1. The number of cyclic esters (lactones) is 1. The molecule has 0 unspecified atom stereocenters. The van der Waals surface area contributed by atoms with Crippen LogP contribution in [0.25, 0.3) is 0 Å². The van der Waals surface area contributed by atoms with Crippen LogP contribution in [-0.4, -0.2) is 37.6 Å². The van der Waals surface area contributed by atoms with Gasteiger partial charge in [0, 0.05) is 24.2 Å². The Kier molecular flexibility index (Phi) is 3.58. The van der Waals surface area contributed by atoms with E-state index < -0.39 is 11.9 Å². The highest BCUT2D eigenvalue weighted by Crippen LogP contribution is 2.51. The summed E-state index contributed by atoms with van der Waals surface area (Å²) in [6, 6.07) is 9.88. The summed E-state index contributed by atoms with van der Waals surface area (Å²) >= 11 is 0. The third-order valence-electron chi connectivity index (χ3n) is 5.11. The molecule has 3 heterocycles. The molecule has 0 fully saturated rings. The molecular weight excluding hydrogens is 353 g/mol. The first-order valence-electron chi connectivity index (χ1n) is 8.65. The van der Waals surface area contributed by atoms with Crippen LogP contribution in [-0.2, 0) is 9.53 Å². The number of carbonyl (C=O) groups excluding carboxylic acids is 1. The van der Waals surface area contributed by atoms with Crippen molar-refractivity contribution in [1.29, 1.82) is 0 Å². The molecule has 0 spiro atoms. The summed E-state index contributed by atoms with van der Waals surface area (Å²) in [5.41, 5.74) is 3.40. The molecule has 1 N–H and O–H groups in total. The molecule has 0 bridgehead atoms. The Balaban J connectivity index is 1.77. The summed E-state index contributed by atoms with van der Waals surface area (Å²) in [5, 5.41) is 9.55. The van der Waals surface area contributed by atoms with Crippen LogP contribution in [0.15, 0.2) is 47.7 Å². The lowest BCUT2D eigenvalue weighted by Gasteiger charge is -2.35. The number of aliphatic hydroxyl groups excluding tert-OH is 1. The third-order valence-corrected chi connectivity index (χ3v) is 5.11. The number of hydrogen-bond acceptors (Lipinski definition) is 6. The fourth-order valence-electron chi connectivity index (χ4n) is 4.02. The first-order chi connectivity index (χ1) is 13.2. The summed E-state index contributed by atoms with van der Waals surface area (Å²) in [6.07, 6.45) is 0. The Morgan fingerprint density at radius 1 is 1.15 bits per heavy atom. The Hall–Kier alpha value is -3.06. The van der Waals surface area contributed by atoms with Crippen LogP contribution in [0, 0.1) is 5.82 Å². The lowest BCUT2D eigenvalue weighted by Crippen LogP contribution is -2.33. The quantitative estimate of drug-likeness (QED) is 0.838. The molecular formula is C20H16FNO5. The molecule has 27 heavy (non-hydrogen) atoms. The van der Waals surface area contributed by atoms with E-state index in [1.165, 1.54) is 12.1 Å². The molecule has 6 nitrogen and oxygen atoms in total. The van der Waals surface area contributed by atoms with E-state index in [4.69, 9.17) is 14.2 Å². The number of hydrogen-bond donors (Lipinski definition) is 1. The topological polar surface area (TPSA) is 68.2 Å². The van der Waals surface area contributed by atoms with Gasteiger partial charge in [0.25, 0.3) is 0 Å². The molecule has 0 aliphatic carbocycles. The predicted octanol–water partition coefficient (Wildman–Crippen LogP) is 2.31. The van der Waals surface area contributed by atoms with E-state index in [1.807, 2.05) is 17.0 Å². The van der Waals surface area contributed by atoms with Gasteiger partial charge in [-0.25, -0.2) is 9.18 Å². The van der Waals surface area contributed by atoms with Crippen LogP contribution < -0.4 is 14.4 Å². The second-order valence-corrected chi connectivity index (χ2v) is 6.56. The van der Waals surface area contributed by atoms with Crippen LogP contribution in [0.2, 0.25) is 0 Å². The monoisotopic (exact) mass is 369 g/mol. The number of benzene rings is 2. The van der Waals surface area contributed by atoms with Gasteiger partial charge in [0.1, 0.15) is 12.4 Å². The zero-order valence-corrected chi connectivity index (χ0v) is 14.3. The Morgan fingerprint density at radius 3 is 2.74 bits per heavy atom. The molecule has 0 aromatic heterocycles. The van der Waals surface area contributed by atoms with Gasteiger partial charge in [-0.3, -0.25) is 0 Å². The molecule has 5 rings (SSSR count). The maximum atomic E-state index is 13.9. The maximum Gasteiger partial charge on any atom is 0.337 e. The van der Waals surface area contributed by atoms with Gasteiger partial charge in [-0.05, 0) is 29.3 Å². The molecule has 138 valence electrons. The highest BCUT2D eigenvalue weighted by molar-refractivity contribution is 5.97. The van der Waals surface area contributed by atoms with Crippen LogP contribution in [0.3, 0.4) is 0 Å². The normalized spacial score (nSPS) is 19.9. The number of anilines is 1. The zero-order chi connectivity index (χ0) is 18.5. The van der Waals surface area contributed by atoms with Crippen molar-refractivity contribution < 1.29 is 28.5 Å². The molecule has 1 atom stereocenters. The lowest BCUT2D eigenvalue weighted by atomic mass is 9.80. The fraction of sp³-hybridized carbons (Fsp3) is 0.250. The second-order valence-electron chi connectivity index (χ2n) is 6.56. The molecule has 7 heteroatoms. The van der Waals surface area contributed by atoms with E-state index in [0.717, 1.165) is 11.3 Å². The van der Waals surface area contributed by atoms with Crippen molar-refractivity contribution in [3.05, 3.63) is 64.6 Å². The minimum atomic E-state index is -0.481. The summed E-state index contributed by atoms with van der Waals surface area (Å²) in [7, 11) is 0. The van der Waals surface area contributed by atoms with E-state index in [0.29, 0.717) is 34.9 Å². The van der Waals surface area contributed by atoms with Gasteiger partial charge >= 0.3 is 5.97 Å². The Morgan fingerprint density at radius 2 is 1.96 bits per heavy atom. The summed E-state index contributed by atoms with van der Waals surface area (Å²) in [6.45, 7) is 0.452. The van der Waals surface area contributed by atoms with Crippen LogP contribution >= 0.6 is 0 Å². The lowest BCUT2D eigenvalue weighted by molar-refractivity contribution is -0.136. The minimum Gasteiger partial charge on any atom is -0.456 e. The number of aliphatic hydroxyl groups is 1. The van der Waals surface area contributed by atoms with Gasteiger partial charge < -0.3 is 24.2 Å². The zero-order valence-electron chi connectivity index (χ0n) is 14.3. The van der Waals surface area contributed by atoms with Crippen molar-refractivity contribution >= 4 is 11.7 Å². The average Bonchev–Trinajstić information content (AvgIpc) is 3.27. The number of ether oxygens (including phenoxy) is 3. The SMILES string of the molecule is O=C1OCC2=C1[C@H](c1cccc(F)c1)c1cc3c(cc1N2CCO)OCO3. The molecule has 0 amide bonds. The molecule has 2 aromatic carbocycles. The number of esters is 1. The number of fused-ring (bicyclic) bond motifs is 2. The molecule has 2 aromatic rings. The van der Waals surface area contributed by atoms with Crippen LogP contribution in [0.4, 0.5) is 10.1 Å². The number of nitrogens with zero attached hydrogens (tertiary/aromatic N) is 1. The molecule has 3 aliphatic heterocycles. The van der Waals surface area contributed by atoms with Crippen molar-refractivity contribution in [3.8, 4) is 11.5 Å². The predicted molar refractivity (Wildman–Crippen MR) is 93.2 cm³/mol. The maximum absolute atomic E-state index is 13.9. The van der Waals surface area contributed by atoms with Gasteiger partial charge in [0.2, 0.25) is 6.79 Å². The highest BCUT2D eigenvalue weighted by Gasteiger charge is 2.42. The van der Waals surface area contributed by atoms with Crippen molar-refractivity contribution in [3.63, 3.8) is 0 Å². The first-order valence-corrected chi connectivity index (χ1v) is 8.65. The van der Waals surface area contributed by atoms with Gasteiger partial charge in [-0.15, -0.1) is 0 Å². The standard InChI is InChI=1S/C20H16FNO5/c21-12-3-1-2-11(6-12)18-13-7-16-17(27-10-26-16)8-14(13)22(4-5-23)15-9-25-20(24)19(15)18/h1-3,6-8,18,23H,4-5,9-10H2/t18-/m1/s1. The van der Waals surface area contributed by atoms with Gasteiger partial charge in [-0.1, -0.05) is 12.1 Å².